The third-order valence-electron chi connectivity index (χ3n) is 5.57. The Morgan fingerprint density at radius 2 is 1.88 bits per heavy atom. The summed E-state index contributed by atoms with van der Waals surface area (Å²) in [6.07, 6.45) is -1.96. The number of aliphatic hydroxyl groups excluding tert-OH is 1. The van der Waals surface area contributed by atoms with E-state index in [1.165, 1.54) is 17.0 Å². The smallest absolute Gasteiger partial charge is 0.407 e. The van der Waals surface area contributed by atoms with Gasteiger partial charge < -0.3 is 14.6 Å². The van der Waals surface area contributed by atoms with Gasteiger partial charge in [-0.05, 0) is 35.8 Å². The molecule has 140 valence electrons. The SMILES string of the molecule is CC(C)(C)[Si](C)(C)OC[C@H]1[C@@H](O)[C@H](c2ccc(F)cc2)CN1C(=O)O. The van der Waals surface area contributed by atoms with Gasteiger partial charge in [0, 0.05) is 12.5 Å². The van der Waals surface area contributed by atoms with E-state index in [9.17, 15) is 19.4 Å². The maximum atomic E-state index is 13.1. The third-order valence-corrected chi connectivity index (χ3v) is 10.1. The van der Waals surface area contributed by atoms with E-state index in [1.54, 1.807) is 12.1 Å². The average Bonchev–Trinajstić information content (AvgIpc) is 2.82. The van der Waals surface area contributed by atoms with Gasteiger partial charge in [0.25, 0.3) is 0 Å². The number of halogens is 1. The first-order valence-electron chi connectivity index (χ1n) is 8.51. The molecule has 25 heavy (non-hydrogen) atoms. The molecule has 1 fully saturated rings. The summed E-state index contributed by atoms with van der Waals surface area (Å²) < 4.78 is 19.3. The molecule has 0 aliphatic carbocycles. The van der Waals surface area contributed by atoms with Crippen molar-refractivity contribution in [2.24, 2.45) is 0 Å². The van der Waals surface area contributed by atoms with Crippen molar-refractivity contribution in [3.63, 3.8) is 0 Å². The highest BCUT2D eigenvalue weighted by molar-refractivity contribution is 6.74. The second-order valence-corrected chi connectivity index (χ2v) is 13.0. The first kappa shape index (κ1) is 19.9. The molecule has 1 aliphatic heterocycles. The van der Waals surface area contributed by atoms with E-state index in [-0.39, 0.29) is 29.9 Å². The van der Waals surface area contributed by atoms with E-state index in [0.717, 1.165) is 5.56 Å². The fourth-order valence-corrected chi connectivity index (χ4v) is 3.86. The molecule has 2 rings (SSSR count). The second-order valence-electron chi connectivity index (χ2n) is 8.22. The number of aliphatic hydroxyl groups is 1. The van der Waals surface area contributed by atoms with E-state index >= 15 is 0 Å². The Hall–Kier alpha value is -1.44. The Morgan fingerprint density at radius 3 is 2.36 bits per heavy atom. The number of nitrogens with zero attached hydrogens (tertiary/aromatic N) is 1. The van der Waals surface area contributed by atoms with E-state index in [4.69, 9.17) is 4.43 Å². The summed E-state index contributed by atoms with van der Waals surface area (Å²) in [5.74, 6) is -0.742. The molecule has 0 unspecified atom stereocenters. The van der Waals surface area contributed by atoms with Gasteiger partial charge in [0.15, 0.2) is 8.32 Å². The summed E-state index contributed by atoms with van der Waals surface area (Å²) in [6, 6.07) is 5.22. The van der Waals surface area contributed by atoms with Crippen molar-refractivity contribution in [3.8, 4) is 0 Å². The Bertz CT molecular complexity index is 614. The highest BCUT2D eigenvalue weighted by Crippen LogP contribution is 2.38. The molecule has 7 heteroatoms. The number of hydrogen-bond donors (Lipinski definition) is 2. The molecular weight excluding hydrogens is 341 g/mol. The van der Waals surface area contributed by atoms with Crippen LogP contribution in [-0.2, 0) is 4.43 Å². The Balaban J connectivity index is 2.18. The van der Waals surface area contributed by atoms with Crippen LogP contribution >= 0.6 is 0 Å². The van der Waals surface area contributed by atoms with Gasteiger partial charge in [0.05, 0.1) is 18.8 Å². The fraction of sp³-hybridized carbons (Fsp3) is 0.611. The normalized spacial score (nSPS) is 24.6. The molecule has 2 N–H and O–H groups in total. The molecule has 1 amide bonds. The Labute approximate surface area is 149 Å². The van der Waals surface area contributed by atoms with E-state index in [1.807, 2.05) is 0 Å². The minimum atomic E-state index is -2.06. The van der Waals surface area contributed by atoms with Gasteiger partial charge in [0.2, 0.25) is 0 Å². The summed E-state index contributed by atoms with van der Waals surface area (Å²) in [7, 11) is -2.06. The summed E-state index contributed by atoms with van der Waals surface area (Å²) in [5.41, 5.74) is 0.731. The summed E-state index contributed by atoms with van der Waals surface area (Å²) >= 11 is 0. The van der Waals surface area contributed by atoms with E-state index in [2.05, 4.69) is 33.9 Å². The van der Waals surface area contributed by atoms with Crippen LogP contribution in [0, 0.1) is 5.82 Å². The van der Waals surface area contributed by atoms with Crippen molar-refractivity contribution in [1.29, 1.82) is 0 Å². The van der Waals surface area contributed by atoms with Crippen LogP contribution in [-0.4, -0.2) is 54.8 Å². The number of likely N-dealkylation sites (tertiary alicyclic amines) is 1. The number of rotatable bonds is 4. The quantitative estimate of drug-likeness (QED) is 0.795. The van der Waals surface area contributed by atoms with Crippen molar-refractivity contribution < 1.29 is 23.8 Å². The molecular formula is C18H28FNO4Si. The maximum absolute atomic E-state index is 13.1. The van der Waals surface area contributed by atoms with Crippen LogP contribution in [0.25, 0.3) is 0 Å². The molecule has 3 atom stereocenters. The predicted octanol–water partition coefficient (Wildman–Crippen LogP) is 3.65. The number of hydrogen-bond acceptors (Lipinski definition) is 3. The standard InChI is InChI=1S/C18H28FNO4Si/c1-18(2,3)25(4,5)24-11-15-16(21)14(10-20(15)17(22)23)12-6-8-13(19)9-7-12/h6-9,14-16,21H,10-11H2,1-5H3,(H,22,23)/t14-,15-,16-/m0/s1. The average molecular weight is 370 g/mol. The molecule has 0 saturated carbocycles. The lowest BCUT2D eigenvalue weighted by Crippen LogP contribution is -2.48. The van der Waals surface area contributed by atoms with Gasteiger partial charge in [-0.15, -0.1) is 0 Å². The summed E-state index contributed by atoms with van der Waals surface area (Å²) in [4.78, 5) is 12.9. The molecule has 5 nitrogen and oxygen atoms in total. The largest absolute Gasteiger partial charge is 0.465 e. The number of amides is 1. The molecule has 0 spiro atoms. The molecule has 0 aromatic heterocycles. The predicted molar refractivity (Wildman–Crippen MR) is 96.8 cm³/mol. The van der Waals surface area contributed by atoms with E-state index < -0.39 is 26.6 Å². The minimum absolute atomic E-state index is 0.000961. The molecule has 1 saturated heterocycles. The zero-order valence-electron chi connectivity index (χ0n) is 15.5. The molecule has 1 aromatic rings. The van der Waals surface area contributed by atoms with Crippen LogP contribution in [0.3, 0.4) is 0 Å². The van der Waals surface area contributed by atoms with Crippen molar-refractivity contribution in [2.75, 3.05) is 13.2 Å². The van der Waals surface area contributed by atoms with Gasteiger partial charge in [-0.3, -0.25) is 4.90 Å². The van der Waals surface area contributed by atoms with Crippen molar-refractivity contribution in [1.82, 2.24) is 4.90 Å². The highest BCUT2D eigenvalue weighted by atomic mass is 28.4. The second kappa shape index (κ2) is 7.05. The lowest BCUT2D eigenvalue weighted by atomic mass is 9.94. The first-order valence-corrected chi connectivity index (χ1v) is 11.4. The number of benzene rings is 1. The zero-order chi connectivity index (χ0) is 19.0. The van der Waals surface area contributed by atoms with E-state index in [0.29, 0.717) is 0 Å². The van der Waals surface area contributed by atoms with Gasteiger partial charge in [-0.2, -0.15) is 0 Å². The van der Waals surface area contributed by atoms with Crippen molar-refractivity contribution >= 4 is 14.4 Å². The molecule has 0 radical (unpaired) electrons. The van der Waals surface area contributed by atoms with Gasteiger partial charge >= 0.3 is 6.09 Å². The summed E-state index contributed by atoms with van der Waals surface area (Å²) in [5, 5.41) is 20.2. The Kier molecular flexibility index (Phi) is 5.61. The van der Waals surface area contributed by atoms with Crippen LogP contribution in [0.2, 0.25) is 18.1 Å². The number of carbonyl (C=O) groups is 1. The third kappa shape index (κ3) is 4.21. The van der Waals surface area contributed by atoms with Gasteiger partial charge in [0.1, 0.15) is 5.82 Å². The minimum Gasteiger partial charge on any atom is -0.465 e. The maximum Gasteiger partial charge on any atom is 0.407 e. The monoisotopic (exact) mass is 369 g/mol. The van der Waals surface area contributed by atoms with Crippen LogP contribution < -0.4 is 0 Å². The van der Waals surface area contributed by atoms with Crippen LogP contribution in [0.1, 0.15) is 32.3 Å². The first-order chi connectivity index (χ1) is 11.4. The van der Waals surface area contributed by atoms with Crippen LogP contribution in [0.5, 0.6) is 0 Å². The molecule has 1 heterocycles. The molecule has 1 aromatic carbocycles. The van der Waals surface area contributed by atoms with Crippen molar-refractivity contribution in [2.45, 2.75) is 57.0 Å². The number of carboxylic acid groups (broad SMARTS) is 1. The lowest BCUT2D eigenvalue weighted by Gasteiger charge is -2.38. The van der Waals surface area contributed by atoms with Crippen LogP contribution in [0.15, 0.2) is 24.3 Å². The molecule has 0 bridgehead atoms. The summed E-state index contributed by atoms with van der Waals surface area (Å²) in [6.45, 7) is 10.9. The highest BCUT2D eigenvalue weighted by Gasteiger charge is 2.46. The van der Waals surface area contributed by atoms with Crippen LogP contribution in [0.4, 0.5) is 9.18 Å². The Morgan fingerprint density at radius 1 is 1.32 bits per heavy atom. The zero-order valence-corrected chi connectivity index (χ0v) is 16.5. The van der Waals surface area contributed by atoms with Crippen molar-refractivity contribution in [3.05, 3.63) is 35.6 Å². The van der Waals surface area contributed by atoms with Gasteiger partial charge in [-0.1, -0.05) is 32.9 Å². The lowest BCUT2D eigenvalue weighted by molar-refractivity contribution is 0.0664. The fourth-order valence-electron chi connectivity index (χ4n) is 2.84. The molecule has 1 aliphatic rings. The van der Waals surface area contributed by atoms with Gasteiger partial charge in [-0.25, -0.2) is 9.18 Å². The topological polar surface area (TPSA) is 70.0 Å².